The van der Waals surface area contributed by atoms with Gasteiger partial charge in [-0.25, -0.2) is 4.98 Å². The molecule has 0 spiro atoms. The molecule has 9 heteroatoms. The summed E-state index contributed by atoms with van der Waals surface area (Å²) in [5.74, 6) is 0.0203. The molecule has 3 aromatic carbocycles. The van der Waals surface area contributed by atoms with Crippen LogP contribution in [0, 0.1) is 6.92 Å². The van der Waals surface area contributed by atoms with Crippen LogP contribution in [0.4, 0.5) is 17.2 Å². The molecule has 4 aromatic rings. The molecule has 9 nitrogen and oxygen atoms in total. The molecule has 0 bridgehead atoms. The molecule has 1 atom stereocenters. The zero-order valence-electron chi connectivity index (χ0n) is 26.1. The van der Waals surface area contributed by atoms with Gasteiger partial charge >= 0.3 is 0 Å². The number of rotatable bonds is 8. The Hall–Kier alpha value is -4.31. The number of nitrogens with one attached hydrogen (secondary N) is 2. The maximum absolute atomic E-state index is 13.1. The largest absolute Gasteiger partial charge is 0.394 e. The summed E-state index contributed by atoms with van der Waals surface area (Å²) in [7, 11) is 1.70. The third-order valence-electron chi connectivity index (χ3n) is 7.96. The lowest BCUT2D eigenvalue weighted by Gasteiger charge is -2.32. The minimum absolute atomic E-state index is 0.00357. The Morgan fingerprint density at radius 1 is 1.09 bits per heavy atom. The number of nitrogens with zero attached hydrogens (tertiary/aromatic N) is 3. The number of aliphatic hydroxyl groups excluding tert-OH is 1. The normalized spacial score (nSPS) is 15.6. The summed E-state index contributed by atoms with van der Waals surface area (Å²) < 4.78 is 7.08. The Kier molecular flexibility index (Phi) is 9.29. The molecule has 1 amide bonds. The van der Waals surface area contributed by atoms with Crippen molar-refractivity contribution >= 4 is 23.1 Å². The standard InChI is InChI=1S/C35H41N5O4/c1-23-29(10-7-11-30(23)38-33(42)25-12-14-26(15-13-25)35(2,3)4)31-21-39(5)34(43)32(37-31)36-27-9-6-8-24(18-27)19-40-16-17-44-28(20-40)22-41/h6-15,18,21,28,41H,16-17,19-20,22H2,1-5H3,(H,36,37)(H,38,42). The molecule has 1 unspecified atom stereocenters. The highest BCUT2D eigenvalue weighted by atomic mass is 16.5. The molecule has 0 saturated carbocycles. The summed E-state index contributed by atoms with van der Waals surface area (Å²) >= 11 is 0. The second-order valence-electron chi connectivity index (χ2n) is 12.4. The summed E-state index contributed by atoms with van der Waals surface area (Å²) in [6.45, 7) is 11.1. The van der Waals surface area contributed by atoms with E-state index in [1.165, 1.54) is 4.57 Å². The Bertz CT molecular complexity index is 1690. The van der Waals surface area contributed by atoms with Crippen LogP contribution in [-0.4, -0.2) is 57.9 Å². The van der Waals surface area contributed by atoms with Crippen molar-refractivity contribution in [3.05, 3.63) is 106 Å². The van der Waals surface area contributed by atoms with E-state index < -0.39 is 0 Å². The predicted octanol–water partition coefficient (Wildman–Crippen LogP) is 5.24. The maximum Gasteiger partial charge on any atom is 0.293 e. The van der Waals surface area contributed by atoms with Crippen LogP contribution in [0.25, 0.3) is 11.3 Å². The lowest BCUT2D eigenvalue weighted by molar-refractivity contribution is -0.0550. The number of carbonyl (C=O) groups excluding carboxylic acids is 1. The number of amides is 1. The maximum atomic E-state index is 13.1. The molecule has 1 aliphatic heterocycles. The average Bonchev–Trinajstić information content (AvgIpc) is 3.00. The summed E-state index contributed by atoms with van der Waals surface area (Å²) in [5, 5.41) is 15.7. The number of hydrogen-bond acceptors (Lipinski definition) is 7. The van der Waals surface area contributed by atoms with E-state index >= 15 is 0 Å². The number of aromatic nitrogens is 2. The van der Waals surface area contributed by atoms with Crippen LogP contribution in [0.2, 0.25) is 0 Å². The monoisotopic (exact) mass is 595 g/mol. The highest BCUT2D eigenvalue weighted by Gasteiger charge is 2.20. The lowest BCUT2D eigenvalue weighted by atomic mass is 9.86. The zero-order valence-corrected chi connectivity index (χ0v) is 26.1. The third-order valence-corrected chi connectivity index (χ3v) is 7.96. The van der Waals surface area contributed by atoms with Crippen molar-refractivity contribution in [2.75, 3.05) is 36.9 Å². The summed E-state index contributed by atoms with van der Waals surface area (Å²) in [6.07, 6.45) is 1.54. The first kappa shape index (κ1) is 31.1. The van der Waals surface area contributed by atoms with E-state index in [0.29, 0.717) is 36.6 Å². The number of hydrogen-bond donors (Lipinski definition) is 3. The highest BCUT2D eigenvalue weighted by Crippen LogP contribution is 2.29. The molecular formula is C35H41N5O4. The molecule has 1 fully saturated rings. The van der Waals surface area contributed by atoms with Crippen molar-refractivity contribution < 1.29 is 14.6 Å². The Morgan fingerprint density at radius 2 is 1.84 bits per heavy atom. The van der Waals surface area contributed by atoms with Gasteiger partial charge in [0.1, 0.15) is 0 Å². The number of carbonyl (C=O) groups is 1. The fourth-order valence-electron chi connectivity index (χ4n) is 5.36. The topological polar surface area (TPSA) is 109 Å². The van der Waals surface area contributed by atoms with Crippen molar-refractivity contribution in [1.82, 2.24) is 14.5 Å². The highest BCUT2D eigenvalue weighted by molar-refractivity contribution is 6.05. The van der Waals surface area contributed by atoms with Gasteiger partial charge < -0.3 is 25.0 Å². The van der Waals surface area contributed by atoms with Gasteiger partial charge in [-0.1, -0.05) is 57.2 Å². The van der Waals surface area contributed by atoms with Gasteiger partial charge in [-0.05, 0) is 59.4 Å². The fraction of sp³-hybridized carbons (Fsp3) is 0.343. The van der Waals surface area contributed by atoms with E-state index in [1.54, 1.807) is 13.2 Å². The van der Waals surface area contributed by atoms with Crippen molar-refractivity contribution in [2.45, 2.75) is 45.8 Å². The van der Waals surface area contributed by atoms with Crippen LogP contribution in [0.3, 0.4) is 0 Å². The average molecular weight is 596 g/mol. The van der Waals surface area contributed by atoms with E-state index in [0.717, 1.165) is 34.5 Å². The van der Waals surface area contributed by atoms with E-state index in [2.05, 4.69) is 36.3 Å². The predicted molar refractivity (Wildman–Crippen MR) is 175 cm³/mol. The molecule has 1 aromatic heterocycles. The van der Waals surface area contributed by atoms with E-state index in [9.17, 15) is 14.7 Å². The first-order valence-corrected chi connectivity index (χ1v) is 14.9. The summed E-state index contributed by atoms with van der Waals surface area (Å²) in [5.41, 5.74) is 6.28. The van der Waals surface area contributed by atoms with Crippen LogP contribution in [0.15, 0.2) is 77.7 Å². The third kappa shape index (κ3) is 7.24. The van der Waals surface area contributed by atoms with E-state index in [1.807, 2.05) is 73.7 Å². The number of ether oxygens (including phenoxy) is 1. The molecule has 3 N–H and O–H groups in total. The van der Waals surface area contributed by atoms with Crippen LogP contribution in [0.1, 0.15) is 47.8 Å². The van der Waals surface area contributed by atoms with Crippen molar-refractivity contribution in [2.24, 2.45) is 7.05 Å². The summed E-state index contributed by atoms with van der Waals surface area (Å²) in [6, 6.07) is 21.3. The molecule has 2 heterocycles. The van der Waals surface area contributed by atoms with Crippen LogP contribution in [-0.2, 0) is 23.7 Å². The van der Waals surface area contributed by atoms with Crippen LogP contribution < -0.4 is 16.2 Å². The Balaban J connectivity index is 1.35. The van der Waals surface area contributed by atoms with Gasteiger partial charge in [0.25, 0.3) is 11.5 Å². The molecule has 230 valence electrons. The number of morpholine rings is 1. The number of aliphatic hydroxyl groups is 1. The van der Waals surface area contributed by atoms with Crippen LogP contribution in [0.5, 0.6) is 0 Å². The number of aryl methyl sites for hydroxylation is 1. The molecule has 5 rings (SSSR count). The van der Waals surface area contributed by atoms with Gasteiger partial charge in [0, 0.05) is 55.4 Å². The Morgan fingerprint density at radius 3 is 2.57 bits per heavy atom. The number of anilines is 3. The van der Waals surface area contributed by atoms with Gasteiger partial charge in [0.05, 0.1) is 25.0 Å². The second kappa shape index (κ2) is 13.1. The minimum atomic E-state index is -0.251. The van der Waals surface area contributed by atoms with E-state index in [4.69, 9.17) is 9.72 Å². The quantitative estimate of drug-likeness (QED) is 0.256. The fourth-order valence-corrected chi connectivity index (χ4v) is 5.36. The van der Waals surface area contributed by atoms with Gasteiger partial charge in [0.15, 0.2) is 5.82 Å². The molecule has 0 radical (unpaired) electrons. The SMILES string of the molecule is Cc1c(NC(=O)c2ccc(C(C)(C)C)cc2)cccc1-c1cn(C)c(=O)c(Nc2cccc(CN3CCOC(CO)C3)c2)n1. The first-order chi connectivity index (χ1) is 21.0. The minimum Gasteiger partial charge on any atom is -0.394 e. The van der Waals surface area contributed by atoms with Gasteiger partial charge in [-0.15, -0.1) is 0 Å². The molecular weight excluding hydrogens is 554 g/mol. The van der Waals surface area contributed by atoms with Crippen molar-refractivity contribution in [3.8, 4) is 11.3 Å². The van der Waals surface area contributed by atoms with Gasteiger partial charge in [-0.2, -0.15) is 0 Å². The van der Waals surface area contributed by atoms with Gasteiger partial charge in [-0.3, -0.25) is 14.5 Å². The van der Waals surface area contributed by atoms with Crippen molar-refractivity contribution in [3.63, 3.8) is 0 Å². The van der Waals surface area contributed by atoms with Crippen LogP contribution >= 0.6 is 0 Å². The molecule has 44 heavy (non-hydrogen) atoms. The first-order valence-electron chi connectivity index (χ1n) is 14.9. The summed E-state index contributed by atoms with van der Waals surface area (Å²) in [4.78, 5) is 33.2. The zero-order chi connectivity index (χ0) is 31.4. The molecule has 1 saturated heterocycles. The van der Waals surface area contributed by atoms with E-state index in [-0.39, 0.29) is 35.4 Å². The second-order valence-corrected chi connectivity index (χ2v) is 12.4. The smallest absolute Gasteiger partial charge is 0.293 e. The van der Waals surface area contributed by atoms with Gasteiger partial charge in [0.2, 0.25) is 0 Å². The van der Waals surface area contributed by atoms with Crippen molar-refractivity contribution in [1.29, 1.82) is 0 Å². The molecule has 1 aliphatic rings. The lowest BCUT2D eigenvalue weighted by Crippen LogP contribution is -2.43. The molecule has 0 aliphatic carbocycles. The Labute approximate surface area is 258 Å². The number of benzene rings is 3.